The molecule has 2 rings (SSSR count). The Morgan fingerprint density at radius 3 is 1.94 bits per heavy atom. The maximum absolute atomic E-state index is 12.8. The Labute approximate surface area is 99.8 Å². The van der Waals surface area contributed by atoms with Crippen LogP contribution in [-0.4, -0.2) is 13.2 Å². The summed E-state index contributed by atoms with van der Waals surface area (Å²) in [5, 5.41) is 0. The fourth-order valence-corrected chi connectivity index (χ4v) is 1.56. The zero-order chi connectivity index (χ0) is 12.1. The van der Waals surface area contributed by atoms with Crippen LogP contribution in [0.1, 0.15) is 0 Å². The first-order valence-corrected chi connectivity index (χ1v) is 5.48. The Bertz CT molecular complexity index is 465. The second-order valence-corrected chi connectivity index (χ2v) is 3.67. The van der Waals surface area contributed by atoms with Crippen LogP contribution < -0.4 is 10.5 Å². The quantitative estimate of drug-likeness (QED) is 0.878. The van der Waals surface area contributed by atoms with Gasteiger partial charge < -0.3 is 10.5 Å². The molecule has 0 aromatic heterocycles. The first kappa shape index (κ1) is 11.6. The number of halogens is 1. The molecule has 0 heterocycles. The Morgan fingerprint density at radius 1 is 0.882 bits per heavy atom. The molecule has 88 valence electrons. The molecule has 17 heavy (non-hydrogen) atoms. The van der Waals surface area contributed by atoms with E-state index in [1.54, 1.807) is 12.1 Å². The van der Waals surface area contributed by atoms with E-state index in [9.17, 15) is 4.39 Å². The molecule has 2 aromatic carbocycles. The Hall–Kier alpha value is -1.87. The zero-order valence-corrected chi connectivity index (χ0v) is 9.40. The fraction of sp³-hybridized carbons (Fsp3) is 0.143. The van der Waals surface area contributed by atoms with E-state index in [2.05, 4.69) is 0 Å². The number of ether oxygens (including phenoxy) is 1. The van der Waals surface area contributed by atoms with Gasteiger partial charge in [-0.1, -0.05) is 24.3 Å². The predicted molar refractivity (Wildman–Crippen MR) is 66.4 cm³/mol. The van der Waals surface area contributed by atoms with Gasteiger partial charge in [0, 0.05) is 6.54 Å². The third-order valence-electron chi connectivity index (χ3n) is 2.42. The third kappa shape index (κ3) is 3.04. The van der Waals surface area contributed by atoms with Gasteiger partial charge in [0.25, 0.3) is 0 Å². The Kier molecular flexibility index (Phi) is 3.73. The lowest BCUT2D eigenvalue weighted by Crippen LogP contribution is -2.10. The largest absolute Gasteiger partial charge is 0.492 e. The van der Waals surface area contributed by atoms with Crippen LogP contribution in [-0.2, 0) is 0 Å². The van der Waals surface area contributed by atoms with Gasteiger partial charge in [-0.2, -0.15) is 0 Å². The number of nitrogens with two attached hydrogens (primary N) is 1. The Balaban J connectivity index is 2.14. The summed E-state index contributed by atoms with van der Waals surface area (Å²) in [5.74, 6) is 0.568. The molecule has 0 spiro atoms. The SMILES string of the molecule is NCCOc1ccc(-c2ccc(F)cc2)cc1. The maximum Gasteiger partial charge on any atom is 0.123 e. The van der Waals surface area contributed by atoms with Gasteiger partial charge in [-0.05, 0) is 35.4 Å². The van der Waals surface area contributed by atoms with E-state index in [1.165, 1.54) is 12.1 Å². The van der Waals surface area contributed by atoms with E-state index in [-0.39, 0.29) is 5.82 Å². The highest BCUT2D eigenvalue weighted by atomic mass is 19.1. The number of hydrogen-bond acceptors (Lipinski definition) is 2. The highest BCUT2D eigenvalue weighted by Crippen LogP contribution is 2.22. The number of hydrogen-bond donors (Lipinski definition) is 1. The van der Waals surface area contributed by atoms with Crippen molar-refractivity contribution >= 4 is 0 Å². The molecule has 0 amide bonds. The van der Waals surface area contributed by atoms with Crippen LogP contribution in [0.5, 0.6) is 5.75 Å². The summed E-state index contributed by atoms with van der Waals surface area (Å²) in [6.07, 6.45) is 0. The maximum atomic E-state index is 12.8. The third-order valence-corrected chi connectivity index (χ3v) is 2.42. The van der Waals surface area contributed by atoms with Gasteiger partial charge in [0.05, 0.1) is 0 Å². The lowest BCUT2D eigenvalue weighted by molar-refractivity contribution is 0.328. The van der Waals surface area contributed by atoms with Crippen LogP contribution in [0.3, 0.4) is 0 Å². The highest BCUT2D eigenvalue weighted by Gasteiger charge is 1.99. The molecule has 0 aliphatic heterocycles. The molecule has 2 aromatic rings. The summed E-state index contributed by atoms with van der Waals surface area (Å²) in [6.45, 7) is 1.01. The molecule has 2 N–H and O–H groups in total. The summed E-state index contributed by atoms with van der Waals surface area (Å²) >= 11 is 0. The second-order valence-electron chi connectivity index (χ2n) is 3.67. The first-order valence-electron chi connectivity index (χ1n) is 5.48. The van der Waals surface area contributed by atoms with Gasteiger partial charge in [-0.3, -0.25) is 0 Å². The van der Waals surface area contributed by atoms with E-state index >= 15 is 0 Å². The summed E-state index contributed by atoms with van der Waals surface area (Å²) in [7, 11) is 0. The zero-order valence-electron chi connectivity index (χ0n) is 9.40. The average Bonchev–Trinajstić information content (AvgIpc) is 2.38. The monoisotopic (exact) mass is 231 g/mol. The van der Waals surface area contributed by atoms with Gasteiger partial charge in [-0.25, -0.2) is 4.39 Å². The minimum absolute atomic E-state index is 0.225. The van der Waals surface area contributed by atoms with Gasteiger partial charge in [0.15, 0.2) is 0 Å². The van der Waals surface area contributed by atoms with Crippen LogP contribution in [0.4, 0.5) is 4.39 Å². The fourth-order valence-electron chi connectivity index (χ4n) is 1.56. The van der Waals surface area contributed by atoms with Crippen molar-refractivity contribution in [2.45, 2.75) is 0 Å². The molecular weight excluding hydrogens is 217 g/mol. The molecule has 0 bridgehead atoms. The van der Waals surface area contributed by atoms with Gasteiger partial charge in [0.2, 0.25) is 0 Å². The molecule has 0 fully saturated rings. The van der Waals surface area contributed by atoms with Crippen molar-refractivity contribution in [3.63, 3.8) is 0 Å². The van der Waals surface area contributed by atoms with Crippen LogP contribution in [0.2, 0.25) is 0 Å². The van der Waals surface area contributed by atoms with E-state index in [0.717, 1.165) is 16.9 Å². The Morgan fingerprint density at radius 2 is 1.41 bits per heavy atom. The standard InChI is InChI=1S/C14H14FNO/c15-13-5-1-11(2-6-13)12-3-7-14(8-4-12)17-10-9-16/h1-8H,9-10,16H2. The molecule has 0 aliphatic carbocycles. The molecule has 0 unspecified atom stereocenters. The molecule has 0 atom stereocenters. The normalized spacial score (nSPS) is 10.2. The van der Waals surface area contributed by atoms with Gasteiger partial charge >= 0.3 is 0 Å². The molecule has 0 saturated heterocycles. The summed E-state index contributed by atoms with van der Waals surface area (Å²) in [5.41, 5.74) is 7.37. The summed E-state index contributed by atoms with van der Waals surface area (Å²) in [6, 6.07) is 14.1. The van der Waals surface area contributed by atoms with Crippen molar-refractivity contribution in [3.05, 3.63) is 54.3 Å². The van der Waals surface area contributed by atoms with E-state index < -0.39 is 0 Å². The molecule has 0 radical (unpaired) electrons. The van der Waals surface area contributed by atoms with Crippen LogP contribution >= 0.6 is 0 Å². The lowest BCUT2D eigenvalue weighted by atomic mass is 10.1. The second kappa shape index (κ2) is 5.46. The van der Waals surface area contributed by atoms with Crippen LogP contribution in [0, 0.1) is 5.82 Å². The predicted octanol–water partition coefficient (Wildman–Crippen LogP) is 2.83. The summed E-state index contributed by atoms with van der Waals surface area (Å²) in [4.78, 5) is 0. The van der Waals surface area contributed by atoms with E-state index in [4.69, 9.17) is 10.5 Å². The van der Waals surface area contributed by atoms with Crippen molar-refractivity contribution in [1.29, 1.82) is 0 Å². The molecule has 0 aliphatic rings. The van der Waals surface area contributed by atoms with Crippen molar-refractivity contribution in [2.24, 2.45) is 5.73 Å². The van der Waals surface area contributed by atoms with Crippen molar-refractivity contribution < 1.29 is 9.13 Å². The van der Waals surface area contributed by atoms with Crippen molar-refractivity contribution in [1.82, 2.24) is 0 Å². The highest BCUT2D eigenvalue weighted by molar-refractivity contribution is 5.63. The van der Waals surface area contributed by atoms with Crippen LogP contribution in [0.25, 0.3) is 11.1 Å². The van der Waals surface area contributed by atoms with Gasteiger partial charge in [0.1, 0.15) is 18.2 Å². The van der Waals surface area contributed by atoms with Crippen LogP contribution in [0.15, 0.2) is 48.5 Å². The van der Waals surface area contributed by atoms with Crippen molar-refractivity contribution in [3.8, 4) is 16.9 Å². The number of rotatable bonds is 4. The van der Waals surface area contributed by atoms with E-state index in [1.807, 2.05) is 24.3 Å². The lowest BCUT2D eigenvalue weighted by Gasteiger charge is -2.06. The topological polar surface area (TPSA) is 35.2 Å². The molecular formula is C14H14FNO. The summed E-state index contributed by atoms with van der Waals surface area (Å²) < 4.78 is 18.2. The van der Waals surface area contributed by atoms with E-state index in [0.29, 0.717) is 13.2 Å². The minimum atomic E-state index is -0.225. The van der Waals surface area contributed by atoms with Crippen molar-refractivity contribution in [2.75, 3.05) is 13.2 Å². The first-order chi connectivity index (χ1) is 8.29. The molecule has 3 heteroatoms. The number of benzene rings is 2. The minimum Gasteiger partial charge on any atom is -0.492 e. The average molecular weight is 231 g/mol. The van der Waals surface area contributed by atoms with Gasteiger partial charge in [-0.15, -0.1) is 0 Å². The molecule has 2 nitrogen and oxygen atoms in total. The molecule has 0 saturated carbocycles. The smallest absolute Gasteiger partial charge is 0.123 e.